The molecule has 3 nitrogen and oxygen atoms in total. The van der Waals surface area contributed by atoms with Crippen molar-refractivity contribution >= 4 is 17.5 Å². The lowest BCUT2D eigenvalue weighted by molar-refractivity contribution is 0.102. The van der Waals surface area contributed by atoms with E-state index in [4.69, 9.17) is 0 Å². The molecule has 2 rings (SSSR count). The summed E-state index contributed by atoms with van der Waals surface area (Å²) >= 11 is 1.40. The van der Waals surface area contributed by atoms with E-state index in [1.165, 1.54) is 11.8 Å². The van der Waals surface area contributed by atoms with Crippen molar-refractivity contribution in [2.45, 2.75) is 39.8 Å². The average molecular weight is 300 g/mol. The van der Waals surface area contributed by atoms with Crippen LogP contribution in [0.1, 0.15) is 38.4 Å². The van der Waals surface area contributed by atoms with Gasteiger partial charge in [-0.05, 0) is 51.8 Å². The van der Waals surface area contributed by atoms with E-state index in [2.05, 4.69) is 9.97 Å². The predicted octanol–water partition coefficient (Wildman–Crippen LogP) is 3.99. The van der Waals surface area contributed by atoms with Crippen LogP contribution in [0.2, 0.25) is 0 Å². The maximum absolute atomic E-state index is 12.4. The number of ketones is 1. The maximum atomic E-state index is 12.4. The Morgan fingerprint density at radius 3 is 2.29 bits per heavy atom. The fraction of sp³-hybridized carbons (Fsp3) is 0.353. The zero-order valence-electron chi connectivity index (χ0n) is 13.2. The minimum atomic E-state index is 0.126. The van der Waals surface area contributed by atoms with Gasteiger partial charge < -0.3 is 0 Å². The Hall–Kier alpha value is -1.68. The van der Waals surface area contributed by atoms with Gasteiger partial charge in [-0.2, -0.15) is 0 Å². The highest BCUT2D eigenvalue weighted by Crippen LogP contribution is 2.20. The first-order valence-corrected chi connectivity index (χ1v) is 7.92. The normalized spacial score (nSPS) is 10.7. The molecule has 110 valence electrons. The molecule has 0 saturated heterocycles. The summed E-state index contributed by atoms with van der Waals surface area (Å²) in [5.74, 6) is 0.493. The molecule has 0 atom stereocenters. The van der Waals surface area contributed by atoms with E-state index in [0.29, 0.717) is 10.9 Å². The van der Waals surface area contributed by atoms with Crippen LogP contribution in [0, 0.1) is 34.6 Å². The minimum absolute atomic E-state index is 0.126. The van der Waals surface area contributed by atoms with Gasteiger partial charge in [-0.25, -0.2) is 9.97 Å². The van der Waals surface area contributed by atoms with Crippen molar-refractivity contribution in [3.63, 3.8) is 0 Å². The summed E-state index contributed by atoms with van der Waals surface area (Å²) in [6.07, 6.45) is 0. The molecule has 21 heavy (non-hydrogen) atoms. The number of carbonyl (C=O) groups is 1. The monoisotopic (exact) mass is 300 g/mol. The van der Waals surface area contributed by atoms with Crippen molar-refractivity contribution < 1.29 is 4.79 Å². The van der Waals surface area contributed by atoms with Gasteiger partial charge in [0.2, 0.25) is 0 Å². The molecule has 4 heteroatoms. The number of hydrogen-bond donors (Lipinski definition) is 0. The number of aryl methyl sites for hydroxylation is 4. The number of aromatic nitrogens is 2. The lowest BCUT2D eigenvalue weighted by Crippen LogP contribution is -2.06. The smallest absolute Gasteiger partial charge is 0.188 e. The van der Waals surface area contributed by atoms with Crippen LogP contribution < -0.4 is 0 Å². The van der Waals surface area contributed by atoms with Crippen LogP contribution in [0.5, 0.6) is 0 Å². The van der Waals surface area contributed by atoms with Gasteiger partial charge in [0.1, 0.15) is 0 Å². The molecule has 0 aliphatic carbocycles. The van der Waals surface area contributed by atoms with Gasteiger partial charge in [-0.3, -0.25) is 4.79 Å². The van der Waals surface area contributed by atoms with Crippen LogP contribution in [0.15, 0.2) is 23.4 Å². The summed E-state index contributed by atoms with van der Waals surface area (Å²) in [4.78, 5) is 21.2. The molecule has 2 aromatic rings. The van der Waals surface area contributed by atoms with Gasteiger partial charge in [-0.15, -0.1) is 0 Å². The summed E-state index contributed by atoms with van der Waals surface area (Å²) in [7, 11) is 0. The van der Waals surface area contributed by atoms with E-state index < -0.39 is 0 Å². The second-order valence-electron chi connectivity index (χ2n) is 5.33. The third kappa shape index (κ3) is 3.70. The molecule has 1 heterocycles. The quantitative estimate of drug-likeness (QED) is 0.486. The molecule has 0 fully saturated rings. The van der Waals surface area contributed by atoms with Crippen molar-refractivity contribution in [3.05, 3.63) is 51.8 Å². The highest BCUT2D eigenvalue weighted by molar-refractivity contribution is 7.99. The summed E-state index contributed by atoms with van der Waals surface area (Å²) in [6, 6.07) is 5.96. The number of hydrogen-bond acceptors (Lipinski definition) is 4. The van der Waals surface area contributed by atoms with Crippen molar-refractivity contribution in [1.29, 1.82) is 0 Å². The molecule has 0 amide bonds. The predicted molar refractivity (Wildman–Crippen MR) is 87.2 cm³/mol. The molecular formula is C17H20N2OS. The molecule has 0 aliphatic heterocycles. The minimum Gasteiger partial charge on any atom is -0.293 e. The van der Waals surface area contributed by atoms with Crippen molar-refractivity contribution in [3.8, 4) is 0 Å². The number of Topliss-reactive ketones (excluding diaryl/α,β-unsaturated/α-hetero) is 1. The molecule has 0 unspecified atom stereocenters. The van der Waals surface area contributed by atoms with Crippen LogP contribution in [0.3, 0.4) is 0 Å². The molecule has 0 radical (unpaired) electrons. The van der Waals surface area contributed by atoms with Gasteiger partial charge in [0.05, 0.1) is 5.75 Å². The number of nitrogens with zero attached hydrogens (tertiary/aromatic N) is 2. The van der Waals surface area contributed by atoms with E-state index in [9.17, 15) is 4.79 Å². The van der Waals surface area contributed by atoms with Gasteiger partial charge in [0, 0.05) is 17.0 Å². The second-order valence-corrected chi connectivity index (χ2v) is 6.27. The lowest BCUT2D eigenvalue weighted by atomic mass is 10.0. The van der Waals surface area contributed by atoms with E-state index in [-0.39, 0.29) is 5.78 Å². The van der Waals surface area contributed by atoms with E-state index >= 15 is 0 Å². The van der Waals surface area contributed by atoms with Crippen molar-refractivity contribution in [2.24, 2.45) is 0 Å². The Bertz CT molecular complexity index is 672. The molecule has 0 N–H and O–H groups in total. The highest BCUT2D eigenvalue weighted by atomic mass is 32.2. The first kappa shape index (κ1) is 15.7. The number of thioether (sulfide) groups is 1. The third-order valence-corrected chi connectivity index (χ3v) is 4.49. The first-order valence-electron chi connectivity index (χ1n) is 6.93. The fourth-order valence-corrected chi connectivity index (χ4v) is 2.87. The van der Waals surface area contributed by atoms with E-state index in [1.54, 1.807) is 0 Å². The van der Waals surface area contributed by atoms with Crippen molar-refractivity contribution in [2.75, 3.05) is 5.75 Å². The zero-order valence-corrected chi connectivity index (χ0v) is 14.0. The summed E-state index contributed by atoms with van der Waals surface area (Å²) in [5, 5.41) is 0.675. The first-order chi connectivity index (χ1) is 9.88. The molecular weight excluding hydrogens is 280 g/mol. The Morgan fingerprint density at radius 1 is 1.05 bits per heavy atom. The fourth-order valence-electron chi connectivity index (χ4n) is 2.05. The Labute approximate surface area is 130 Å². The molecule has 0 saturated carbocycles. The molecule has 0 spiro atoms. The largest absolute Gasteiger partial charge is 0.293 e. The average Bonchev–Trinajstić information content (AvgIpc) is 2.44. The van der Waals surface area contributed by atoms with Gasteiger partial charge in [-0.1, -0.05) is 29.5 Å². The topological polar surface area (TPSA) is 42.9 Å². The lowest BCUT2D eigenvalue weighted by Gasteiger charge is -2.08. The number of rotatable bonds is 4. The summed E-state index contributed by atoms with van der Waals surface area (Å²) in [5.41, 5.74) is 5.98. The van der Waals surface area contributed by atoms with Gasteiger partial charge in [0.15, 0.2) is 10.9 Å². The number of carbonyl (C=O) groups excluding carboxylic acids is 1. The van der Waals surface area contributed by atoms with Crippen LogP contribution in [0.4, 0.5) is 0 Å². The Kier molecular flexibility index (Phi) is 4.78. The molecule has 1 aromatic heterocycles. The van der Waals surface area contributed by atoms with Crippen LogP contribution >= 0.6 is 11.8 Å². The Morgan fingerprint density at radius 2 is 1.67 bits per heavy atom. The number of benzene rings is 1. The van der Waals surface area contributed by atoms with Crippen LogP contribution in [0.25, 0.3) is 0 Å². The SMILES string of the molecule is Cc1ccc(C)c(C(=O)CSc2nc(C)c(C)c(C)n2)c1. The van der Waals surface area contributed by atoms with Gasteiger partial charge in [0.25, 0.3) is 0 Å². The third-order valence-electron chi connectivity index (χ3n) is 3.64. The molecule has 0 aliphatic rings. The maximum Gasteiger partial charge on any atom is 0.188 e. The van der Waals surface area contributed by atoms with E-state index in [0.717, 1.165) is 33.6 Å². The highest BCUT2D eigenvalue weighted by Gasteiger charge is 2.12. The van der Waals surface area contributed by atoms with Crippen LogP contribution in [-0.4, -0.2) is 21.5 Å². The zero-order chi connectivity index (χ0) is 15.6. The molecule has 1 aromatic carbocycles. The second kappa shape index (κ2) is 6.39. The van der Waals surface area contributed by atoms with Gasteiger partial charge >= 0.3 is 0 Å². The standard InChI is InChI=1S/C17H20N2OS/c1-10-6-7-11(2)15(8-10)16(20)9-21-17-18-13(4)12(3)14(5)19-17/h6-8H,9H2,1-5H3. The summed E-state index contributed by atoms with van der Waals surface area (Å²) in [6.45, 7) is 9.93. The summed E-state index contributed by atoms with van der Waals surface area (Å²) < 4.78 is 0. The van der Waals surface area contributed by atoms with E-state index in [1.807, 2.05) is 52.8 Å². The van der Waals surface area contributed by atoms with Crippen LogP contribution in [-0.2, 0) is 0 Å². The van der Waals surface area contributed by atoms with Crippen molar-refractivity contribution in [1.82, 2.24) is 9.97 Å². The molecule has 0 bridgehead atoms. The Balaban J connectivity index is 2.13.